The molecule has 0 aromatic heterocycles. The summed E-state index contributed by atoms with van der Waals surface area (Å²) < 4.78 is 11.4. The largest absolute Gasteiger partial charge is 0.489 e. The van der Waals surface area contributed by atoms with Crippen LogP contribution in [0.5, 0.6) is 11.5 Å². The van der Waals surface area contributed by atoms with Gasteiger partial charge in [-0.15, -0.1) is 0 Å². The molecule has 0 bridgehead atoms. The Kier molecular flexibility index (Phi) is 5.85. The fourth-order valence-corrected chi connectivity index (χ4v) is 2.65. The molecule has 128 valence electrons. The molecule has 1 N–H and O–H groups in total. The van der Waals surface area contributed by atoms with Crippen molar-refractivity contribution in [2.75, 3.05) is 11.9 Å². The highest BCUT2D eigenvalue weighted by Crippen LogP contribution is 2.26. The van der Waals surface area contributed by atoms with Crippen LogP contribution in [0.2, 0.25) is 0 Å². The van der Waals surface area contributed by atoms with E-state index in [4.69, 9.17) is 9.47 Å². The molecule has 2 aromatic carbocycles. The predicted octanol–water partition coefficient (Wildman–Crippen LogP) is 4.42. The number of carbonyl (C=O) groups excluding carboxylic acids is 1. The van der Waals surface area contributed by atoms with Gasteiger partial charge in [0, 0.05) is 0 Å². The number of para-hydroxylation sites is 2. The van der Waals surface area contributed by atoms with Gasteiger partial charge in [-0.2, -0.15) is 0 Å². The lowest BCUT2D eigenvalue weighted by molar-refractivity contribution is -0.118. The molecule has 0 saturated heterocycles. The quantitative estimate of drug-likeness (QED) is 0.854. The average molecular weight is 327 g/mol. The van der Waals surface area contributed by atoms with Gasteiger partial charge in [0.1, 0.15) is 11.5 Å². The summed E-state index contributed by atoms with van der Waals surface area (Å²) in [6.07, 6.45) is 0.0390. The lowest BCUT2D eigenvalue weighted by Crippen LogP contribution is -2.21. The number of benzene rings is 2. The molecule has 0 atom stereocenters. The molecule has 0 spiro atoms. The van der Waals surface area contributed by atoms with Crippen LogP contribution in [0.1, 0.15) is 30.5 Å². The smallest absolute Gasteiger partial charge is 0.262 e. The van der Waals surface area contributed by atoms with E-state index >= 15 is 0 Å². The Bertz CT molecular complexity index is 700. The Hall–Kier alpha value is -2.49. The van der Waals surface area contributed by atoms with Crippen molar-refractivity contribution in [1.82, 2.24) is 0 Å². The van der Waals surface area contributed by atoms with E-state index in [0.717, 1.165) is 16.9 Å². The van der Waals surface area contributed by atoms with Gasteiger partial charge in [-0.25, -0.2) is 0 Å². The number of nitrogens with one attached hydrogen (secondary N) is 1. The van der Waals surface area contributed by atoms with Crippen LogP contribution in [0.3, 0.4) is 0 Å². The molecule has 1 amide bonds. The summed E-state index contributed by atoms with van der Waals surface area (Å²) in [5.41, 5.74) is 3.89. The standard InChI is InChI=1S/C20H25NO3/c1-13(2)24-18-9-7-6-8-17(18)21-19(22)12-23-20-15(4)10-14(3)11-16(20)5/h6-11,13H,12H2,1-5H3,(H,21,22). The van der Waals surface area contributed by atoms with Gasteiger partial charge in [-0.1, -0.05) is 29.8 Å². The van der Waals surface area contributed by atoms with Crippen molar-refractivity contribution in [3.63, 3.8) is 0 Å². The molecule has 4 nitrogen and oxygen atoms in total. The normalized spacial score (nSPS) is 10.6. The molecule has 2 aromatic rings. The van der Waals surface area contributed by atoms with E-state index < -0.39 is 0 Å². The number of anilines is 1. The Labute approximate surface area is 143 Å². The minimum absolute atomic E-state index is 0.0390. The summed E-state index contributed by atoms with van der Waals surface area (Å²) in [6.45, 7) is 9.87. The predicted molar refractivity (Wildman–Crippen MR) is 97.0 cm³/mol. The first-order valence-corrected chi connectivity index (χ1v) is 8.13. The van der Waals surface area contributed by atoms with Gasteiger partial charge in [-0.3, -0.25) is 4.79 Å². The molecule has 0 aliphatic carbocycles. The summed E-state index contributed by atoms with van der Waals surface area (Å²) in [5, 5.41) is 2.85. The molecule has 4 heteroatoms. The minimum atomic E-state index is -0.214. The number of rotatable bonds is 6. The van der Waals surface area contributed by atoms with Gasteiger partial charge in [0.25, 0.3) is 5.91 Å². The first-order chi connectivity index (χ1) is 11.4. The molecule has 0 aliphatic rings. The third-order valence-electron chi connectivity index (χ3n) is 3.48. The highest BCUT2D eigenvalue weighted by molar-refractivity contribution is 5.93. The second-order valence-electron chi connectivity index (χ2n) is 6.23. The number of hydrogen-bond acceptors (Lipinski definition) is 3. The van der Waals surface area contributed by atoms with Crippen LogP contribution in [0.4, 0.5) is 5.69 Å². The van der Waals surface area contributed by atoms with E-state index in [1.54, 1.807) is 0 Å². The van der Waals surface area contributed by atoms with E-state index in [1.807, 2.05) is 71.0 Å². The summed E-state index contributed by atoms with van der Waals surface area (Å²) in [4.78, 5) is 12.2. The van der Waals surface area contributed by atoms with Crippen molar-refractivity contribution in [2.24, 2.45) is 0 Å². The van der Waals surface area contributed by atoms with Gasteiger partial charge in [-0.05, 0) is 57.9 Å². The SMILES string of the molecule is Cc1cc(C)c(OCC(=O)Nc2ccccc2OC(C)C)c(C)c1. The maximum Gasteiger partial charge on any atom is 0.262 e. The van der Waals surface area contributed by atoms with Crippen molar-refractivity contribution in [3.8, 4) is 11.5 Å². The molecule has 0 radical (unpaired) electrons. The summed E-state index contributed by atoms with van der Waals surface area (Å²) in [5.74, 6) is 1.21. The van der Waals surface area contributed by atoms with Crippen molar-refractivity contribution >= 4 is 11.6 Å². The molecule has 0 aliphatic heterocycles. The topological polar surface area (TPSA) is 47.6 Å². The highest BCUT2D eigenvalue weighted by Gasteiger charge is 2.11. The van der Waals surface area contributed by atoms with E-state index in [1.165, 1.54) is 5.56 Å². The lowest BCUT2D eigenvalue weighted by atomic mass is 10.1. The maximum absolute atomic E-state index is 12.2. The van der Waals surface area contributed by atoms with Crippen molar-refractivity contribution < 1.29 is 14.3 Å². The molecule has 0 heterocycles. The Morgan fingerprint density at radius 3 is 2.33 bits per heavy atom. The zero-order valence-electron chi connectivity index (χ0n) is 15.0. The first kappa shape index (κ1) is 17.9. The number of carbonyl (C=O) groups is 1. The van der Waals surface area contributed by atoms with Crippen molar-refractivity contribution in [3.05, 3.63) is 53.1 Å². The fourth-order valence-electron chi connectivity index (χ4n) is 2.65. The lowest BCUT2D eigenvalue weighted by Gasteiger charge is -2.16. The number of amides is 1. The summed E-state index contributed by atoms with van der Waals surface area (Å²) in [7, 11) is 0. The summed E-state index contributed by atoms with van der Waals surface area (Å²) >= 11 is 0. The van der Waals surface area contributed by atoms with Crippen LogP contribution in [-0.4, -0.2) is 18.6 Å². The van der Waals surface area contributed by atoms with Gasteiger partial charge in [0.2, 0.25) is 0 Å². The fraction of sp³-hybridized carbons (Fsp3) is 0.350. The zero-order chi connectivity index (χ0) is 17.7. The molecule has 0 unspecified atom stereocenters. The maximum atomic E-state index is 12.2. The number of hydrogen-bond donors (Lipinski definition) is 1. The van der Waals surface area contributed by atoms with Crippen LogP contribution in [0.15, 0.2) is 36.4 Å². The Morgan fingerprint density at radius 2 is 1.71 bits per heavy atom. The minimum Gasteiger partial charge on any atom is -0.489 e. The Balaban J connectivity index is 2.02. The van der Waals surface area contributed by atoms with Crippen LogP contribution in [-0.2, 0) is 4.79 Å². The van der Waals surface area contributed by atoms with Crippen LogP contribution in [0, 0.1) is 20.8 Å². The molecule has 0 saturated carbocycles. The second-order valence-corrected chi connectivity index (χ2v) is 6.23. The van der Waals surface area contributed by atoms with Crippen molar-refractivity contribution in [2.45, 2.75) is 40.7 Å². The van der Waals surface area contributed by atoms with Crippen LogP contribution in [0.25, 0.3) is 0 Å². The highest BCUT2D eigenvalue weighted by atomic mass is 16.5. The van der Waals surface area contributed by atoms with E-state index in [-0.39, 0.29) is 18.6 Å². The number of ether oxygens (including phenoxy) is 2. The second kappa shape index (κ2) is 7.86. The molecular formula is C20H25NO3. The van der Waals surface area contributed by atoms with E-state index in [2.05, 4.69) is 5.32 Å². The third-order valence-corrected chi connectivity index (χ3v) is 3.48. The van der Waals surface area contributed by atoms with Gasteiger partial charge in [0.15, 0.2) is 6.61 Å². The van der Waals surface area contributed by atoms with Gasteiger partial charge >= 0.3 is 0 Å². The monoisotopic (exact) mass is 327 g/mol. The third kappa shape index (κ3) is 4.75. The first-order valence-electron chi connectivity index (χ1n) is 8.13. The number of aryl methyl sites for hydroxylation is 3. The zero-order valence-corrected chi connectivity index (χ0v) is 15.0. The van der Waals surface area contributed by atoms with Gasteiger partial charge in [0.05, 0.1) is 11.8 Å². The molecule has 2 rings (SSSR count). The van der Waals surface area contributed by atoms with Gasteiger partial charge < -0.3 is 14.8 Å². The van der Waals surface area contributed by atoms with E-state index in [0.29, 0.717) is 11.4 Å². The molecular weight excluding hydrogens is 302 g/mol. The molecule has 24 heavy (non-hydrogen) atoms. The molecule has 0 fully saturated rings. The average Bonchev–Trinajstić information content (AvgIpc) is 2.47. The van der Waals surface area contributed by atoms with Crippen molar-refractivity contribution in [1.29, 1.82) is 0 Å². The Morgan fingerprint density at radius 1 is 1.08 bits per heavy atom. The van der Waals surface area contributed by atoms with Crippen LogP contribution >= 0.6 is 0 Å². The van der Waals surface area contributed by atoms with Crippen LogP contribution < -0.4 is 14.8 Å². The summed E-state index contributed by atoms with van der Waals surface area (Å²) in [6, 6.07) is 11.5. The van der Waals surface area contributed by atoms with E-state index in [9.17, 15) is 4.79 Å².